The first-order valence-electron chi connectivity index (χ1n) is 4.32. The highest BCUT2D eigenvalue weighted by atomic mass is 19.1. The Morgan fingerprint density at radius 3 is 3.21 bits per heavy atom. The summed E-state index contributed by atoms with van der Waals surface area (Å²) in [5, 5.41) is 3.07. The summed E-state index contributed by atoms with van der Waals surface area (Å²) >= 11 is 0. The number of ether oxygens (including phenoxy) is 2. The van der Waals surface area contributed by atoms with Gasteiger partial charge in [-0.25, -0.2) is 9.37 Å². The van der Waals surface area contributed by atoms with Crippen molar-refractivity contribution in [1.29, 1.82) is 0 Å². The number of rotatable bonds is 2. The highest BCUT2D eigenvalue weighted by Crippen LogP contribution is 2.25. The zero-order chi connectivity index (χ0) is 9.97. The van der Waals surface area contributed by atoms with Crippen LogP contribution >= 0.6 is 0 Å². The number of hydrogen-bond donors (Lipinski definition) is 1. The topological polar surface area (TPSA) is 43.4 Å². The minimum absolute atomic E-state index is 0.0341. The van der Waals surface area contributed by atoms with Crippen molar-refractivity contribution in [2.24, 2.45) is 0 Å². The van der Waals surface area contributed by atoms with Crippen LogP contribution in [0.5, 0.6) is 5.88 Å². The molecule has 1 aromatic rings. The molecule has 2 rings (SSSR count). The van der Waals surface area contributed by atoms with Crippen molar-refractivity contribution in [2.45, 2.75) is 6.04 Å². The van der Waals surface area contributed by atoms with Gasteiger partial charge in [0.05, 0.1) is 32.7 Å². The third-order valence-corrected chi connectivity index (χ3v) is 2.13. The van der Waals surface area contributed by atoms with E-state index in [2.05, 4.69) is 10.3 Å². The zero-order valence-corrected chi connectivity index (χ0v) is 7.79. The van der Waals surface area contributed by atoms with E-state index in [0.717, 1.165) is 6.20 Å². The molecule has 4 nitrogen and oxygen atoms in total. The van der Waals surface area contributed by atoms with Crippen molar-refractivity contribution in [1.82, 2.24) is 10.3 Å². The van der Waals surface area contributed by atoms with Crippen LogP contribution in [0.15, 0.2) is 12.3 Å². The lowest BCUT2D eigenvalue weighted by Gasteiger charge is -2.12. The minimum Gasteiger partial charge on any atom is -0.481 e. The molecule has 0 saturated carbocycles. The molecule has 1 fully saturated rings. The lowest BCUT2D eigenvalue weighted by Crippen LogP contribution is -2.16. The molecule has 1 atom stereocenters. The largest absolute Gasteiger partial charge is 0.481 e. The number of pyridine rings is 1. The van der Waals surface area contributed by atoms with Gasteiger partial charge in [0.2, 0.25) is 5.88 Å². The number of hydrogen-bond acceptors (Lipinski definition) is 4. The molecule has 0 amide bonds. The molecule has 2 heterocycles. The maximum Gasteiger partial charge on any atom is 0.218 e. The average molecular weight is 198 g/mol. The fourth-order valence-electron chi connectivity index (χ4n) is 1.46. The second kappa shape index (κ2) is 3.89. The number of methoxy groups -OCH3 is 1. The summed E-state index contributed by atoms with van der Waals surface area (Å²) in [7, 11) is 1.51. The summed E-state index contributed by atoms with van der Waals surface area (Å²) in [6, 6.07) is 1.38. The molecule has 1 aromatic heterocycles. The Morgan fingerprint density at radius 2 is 2.57 bits per heavy atom. The van der Waals surface area contributed by atoms with Crippen LogP contribution in [0.2, 0.25) is 0 Å². The highest BCUT2D eigenvalue weighted by molar-refractivity contribution is 5.30. The van der Waals surface area contributed by atoms with Gasteiger partial charge in [0.25, 0.3) is 0 Å². The van der Waals surface area contributed by atoms with E-state index < -0.39 is 0 Å². The van der Waals surface area contributed by atoms with Crippen molar-refractivity contribution in [3.05, 3.63) is 23.6 Å². The summed E-state index contributed by atoms with van der Waals surface area (Å²) in [6.45, 7) is 0.992. The predicted octanol–water partition coefficient (Wildman–Crippen LogP) is 0.848. The molecule has 0 radical (unpaired) electrons. The first kappa shape index (κ1) is 9.36. The number of aromatic nitrogens is 1. The molecule has 0 unspecified atom stereocenters. The van der Waals surface area contributed by atoms with Gasteiger partial charge in [-0.2, -0.15) is 0 Å². The van der Waals surface area contributed by atoms with Crippen LogP contribution in [0.25, 0.3) is 0 Å². The third-order valence-electron chi connectivity index (χ3n) is 2.13. The number of halogens is 1. The summed E-state index contributed by atoms with van der Waals surface area (Å²) in [4.78, 5) is 3.85. The zero-order valence-electron chi connectivity index (χ0n) is 7.79. The van der Waals surface area contributed by atoms with Crippen molar-refractivity contribution >= 4 is 0 Å². The molecule has 0 aromatic carbocycles. The SMILES string of the molecule is COc1ncc(F)cc1[C@H]1COCN1. The Bertz CT molecular complexity index is 327. The summed E-state index contributed by atoms with van der Waals surface area (Å²) in [6.07, 6.45) is 1.14. The molecule has 0 aliphatic carbocycles. The van der Waals surface area contributed by atoms with E-state index in [-0.39, 0.29) is 11.9 Å². The van der Waals surface area contributed by atoms with Crippen molar-refractivity contribution in [2.75, 3.05) is 20.4 Å². The van der Waals surface area contributed by atoms with Crippen LogP contribution in [0.4, 0.5) is 4.39 Å². The predicted molar refractivity (Wildman–Crippen MR) is 47.4 cm³/mol. The van der Waals surface area contributed by atoms with Gasteiger partial charge in [-0.15, -0.1) is 0 Å². The first-order chi connectivity index (χ1) is 6.81. The Hall–Kier alpha value is -1.20. The molecule has 1 N–H and O–H groups in total. The summed E-state index contributed by atoms with van der Waals surface area (Å²) in [5.74, 6) is 0.0731. The van der Waals surface area contributed by atoms with E-state index in [1.807, 2.05) is 0 Å². The molecule has 0 bridgehead atoms. The van der Waals surface area contributed by atoms with Gasteiger partial charge in [0, 0.05) is 5.56 Å². The Kier molecular flexibility index (Phi) is 2.60. The van der Waals surface area contributed by atoms with Crippen LogP contribution in [0, 0.1) is 5.82 Å². The van der Waals surface area contributed by atoms with Gasteiger partial charge in [-0.3, -0.25) is 5.32 Å². The van der Waals surface area contributed by atoms with E-state index in [1.54, 1.807) is 0 Å². The quantitative estimate of drug-likeness (QED) is 0.765. The molecule has 76 valence electrons. The lowest BCUT2D eigenvalue weighted by molar-refractivity contribution is 0.189. The Labute approximate surface area is 81.0 Å². The molecule has 0 spiro atoms. The second-order valence-corrected chi connectivity index (χ2v) is 3.02. The monoisotopic (exact) mass is 198 g/mol. The van der Waals surface area contributed by atoms with E-state index in [9.17, 15) is 4.39 Å². The van der Waals surface area contributed by atoms with Crippen LogP contribution in [0.1, 0.15) is 11.6 Å². The van der Waals surface area contributed by atoms with Gasteiger partial charge in [0.1, 0.15) is 5.82 Å². The molecule has 1 aliphatic heterocycles. The van der Waals surface area contributed by atoms with Crippen LogP contribution in [-0.4, -0.2) is 25.4 Å². The second-order valence-electron chi connectivity index (χ2n) is 3.02. The lowest BCUT2D eigenvalue weighted by atomic mass is 10.1. The highest BCUT2D eigenvalue weighted by Gasteiger charge is 2.21. The normalized spacial score (nSPS) is 21.1. The van der Waals surface area contributed by atoms with Crippen LogP contribution in [0.3, 0.4) is 0 Å². The van der Waals surface area contributed by atoms with Crippen molar-refractivity contribution in [3.8, 4) is 5.88 Å². The van der Waals surface area contributed by atoms with Crippen LogP contribution in [-0.2, 0) is 4.74 Å². The Balaban J connectivity index is 2.33. The molecule has 1 saturated heterocycles. The fraction of sp³-hybridized carbons (Fsp3) is 0.444. The smallest absolute Gasteiger partial charge is 0.218 e. The maximum absolute atomic E-state index is 13.0. The van der Waals surface area contributed by atoms with E-state index in [1.165, 1.54) is 13.2 Å². The first-order valence-corrected chi connectivity index (χ1v) is 4.32. The minimum atomic E-state index is -0.366. The molecular weight excluding hydrogens is 187 g/mol. The molecule has 5 heteroatoms. The fourth-order valence-corrected chi connectivity index (χ4v) is 1.46. The maximum atomic E-state index is 13.0. The number of nitrogens with one attached hydrogen (secondary N) is 1. The summed E-state index contributed by atoms with van der Waals surface area (Å²) in [5.41, 5.74) is 0.699. The average Bonchev–Trinajstić information content (AvgIpc) is 2.70. The standard InChI is InChI=1S/C9H11FN2O2/c1-13-9-7(2-6(10)3-11-9)8-4-14-5-12-8/h2-3,8,12H,4-5H2,1H3/t8-/m1/s1. The van der Waals surface area contributed by atoms with Crippen LogP contribution < -0.4 is 10.1 Å². The van der Waals surface area contributed by atoms with Gasteiger partial charge in [0.15, 0.2) is 0 Å². The van der Waals surface area contributed by atoms with Crippen molar-refractivity contribution in [3.63, 3.8) is 0 Å². The molecular formula is C9H11FN2O2. The molecule has 1 aliphatic rings. The summed E-state index contributed by atoms with van der Waals surface area (Å²) < 4.78 is 23.1. The third kappa shape index (κ3) is 1.69. The Morgan fingerprint density at radius 1 is 1.71 bits per heavy atom. The van der Waals surface area contributed by atoms with E-state index >= 15 is 0 Å². The molecule has 14 heavy (non-hydrogen) atoms. The van der Waals surface area contributed by atoms with Gasteiger partial charge >= 0.3 is 0 Å². The van der Waals surface area contributed by atoms with E-state index in [0.29, 0.717) is 24.8 Å². The van der Waals surface area contributed by atoms with E-state index in [4.69, 9.17) is 9.47 Å². The van der Waals surface area contributed by atoms with Crippen molar-refractivity contribution < 1.29 is 13.9 Å². The van der Waals surface area contributed by atoms with Gasteiger partial charge < -0.3 is 9.47 Å². The number of nitrogens with zero attached hydrogens (tertiary/aromatic N) is 1. The van der Waals surface area contributed by atoms with Gasteiger partial charge in [-0.1, -0.05) is 0 Å². The van der Waals surface area contributed by atoms with Gasteiger partial charge in [-0.05, 0) is 6.07 Å².